The van der Waals surface area contributed by atoms with Gasteiger partial charge in [-0.15, -0.1) is 0 Å². The molecule has 0 radical (unpaired) electrons. The number of hydrogen-bond acceptors (Lipinski definition) is 17. The molecule has 0 aliphatic heterocycles. The summed E-state index contributed by atoms with van der Waals surface area (Å²) in [6.45, 7) is 10.9. The molecule has 3 N–H and O–H groups in total. The van der Waals surface area contributed by atoms with Crippen LogP contribution in [0, 0.1) is 5.92 Å². The van der Waals surface area contributed by atoms with Crippen LogP contribution in [-0.4, -0.2) is 187 Å². The first-order valence-corrected chi connectivity index (χ1v) is 25.5. The predicted octanol–water partition coefficient (Wildman–Crippen LogP) is 7.37. The number of hydrogen-bond donors (Lipinski definition) is 3. The number of nitrogens with one attached hydrogen (secondary N) is 3. The molecular formula is C55H95N3O14. The summed E-state index contributed by atoms with van der Waals surface area (Å²) in [4.78, 5) is 0. The van der Waals surface area contributed by atoms with E-state index in [-0.39, 0.29) is 50.8 Å². The molecule has 6 atom stereocenters. The van der Waals surface area contributed by atoms with E-state index in [0.717, 1.165) is 18.7 Å². The summed E-state index contributed by atoms with van der Waals surface area (Å²) in [5.41, 5.74) is 0. The van der Waals surface area contributed by atoms with Crippen molar-refractivity contribution in [1.29, 1.82) is 0 Å². The van der Waals surface area contributed by atoms with Crippen LogP contribution in [0.3, 0.4) is 0 Å². The van der Waals surface area contributed by atoms with E-state index in [9.17, 15) is 0 Å². The van der Waals surface area contributed by atoms with Crippen molar-refractivity contribution in [2.45, 2.75) is 89.5 Å². The van der Waals surface area contributed by atoms with Crippen LogP contribution in [0.15, 0.2) is 72.8 Å². The van der Waals surface area contributed by atoms with E-state index in [1.807, 2.05) is 115 Å². The van der Waals surface area contributed by atoms with Gasteiger partial charge in [0.1, 0.15) is 85.3 Å². The largest absolute Gasteiger partial charge is 0.493 e. The smallest absolute Gasteiger partial charge is 0.123 e. The molecule has 17 heteroatoms. The first kappa shape index (κ1) is 66.0. The van der Waals surface area contributed by atoms with Gasteiger partial charge in [-0.2, -0.15) is 0 Å². The van der Waals surface area contributed by atoms with Crippen LogP contribution in [0.5, 0.6) is 34.5 Å². The quantitative estimate of drug-likeness (QED) is 0.0521. The zero-order chi connectivity index (χ0) is 53.0. The Morgan fingerprint density at radius 1 is 0.458 bits per heavy atom. The summed E-state index contributed by atoms with van der Waals surface area (Å²) >= 11 is 0. The Kier molecular flexibility index (Phi) is 40.8. The number of likely N-dealkylation sites (N-methyl/N-ethyl adjacent to an activating group) is 1. The topological polar surface area (TPSA) is 165 Å². The molecule has 3 aromatic carbocycles. The minimum absolute atomic E-state index is 0.0391. The highest BCUT2D eigenvalue weighted by Crippen LogP contribution is 2.32. The van der Waals surface area contributed by atoms with Crippen LogP contribution in [-0.2, 0) is 37.9 Å². The molecule has 4 rings (SSSR count). The Morgan fingerprint density at radius 2 is 0.833 bits per heavy atom. The lowest BCUT2D eigenvalue weighted by Gasteiger charge is -2.32. The SMILES string of the molecule is CC.CCNCC(COc1cccc(OCCC(OC)C2CCC2)c1)OCC(COc1cccc(OCC(COC)OC)c1)OCC(COc1cccc(OCCC(COC)OC)c1)OC.CNC.CNC. The van der Waals surface area contributed by atoms with Gasteiger partial charge in [-0.25, -0.2) is 0 Å². The number of benzene rings is 3. The Morgan fingerprint density at radius 3 is 1.24 bits per heavy atom. The molecule has 0 spiro atoms. The lowest BCUT2D eigenvalue weighted by Crippen LogP contribution is -2.39. The maximum absolute atomic E-state index is 6.50. The zero-order valence-corrected chi connectivity index (χ0v) is 46.2. The van der Waals surface area contributed by atoms with Crippen LogP contribution in [0.25, 0.3) is 0 Å². The number of rotatable bonds is 38. The molecule has 3 aromatic rings. The van der Waals surface area contributed by atoms with Gasteiger partial charge in [-0.1, -0.05) is 45.4 Å². The number of ether oxygens (including phenoxy) is 14. The highest BCUT2D eigenvalue weighted by molar-refractivity contribution is 5.34. The van der Waals surface area contributed by atoms with Gasteiger partial charge < -0.3 is 82.3 Å². The molecule has 72 heavy (non-hydrogen) atoms. The van der Waals surface area contributed by atoms with E-state index in [4.69, 9.17) is 66.3 Å². The normalized spacial score (nSPS) is 14.5. The maximum Gasteiger partial charge on any atom is 0.123 e. The fraction of sp³-hybridized carbons (Fsp3) is 0.673. The summed E-state index contributed by atoms with van der Waals surface area (Å²) in [6.07, 6.45) is 4.12. The molecule has 0 bridgehead atoms. The Balaban J connectivity index is 0.00000304. The van der Waals surface area contributed by atoms with E-state index in [0.29, 0.717) is 87.3 Å². The van der Waals surface area contributed by atoms with Gasteiger partial charge in [0.25, 0.3) is 0 Å². The van der Waals surface area contributed by atoms with E-state index in [1.54, 1.807) is 42.7 Å². The third-order valence-electron chi connectivity index (χ3n) is 10.9. The fourth-order valence-corrected chi connectivity index (χ4v) is 6.79. The van der Waals surface area contributed by atoms with Crippen LogP contribution >= 0.6 is 0 Å². The van der Waals surface area contributed by atoms with E-state index in [1.165, 1.54) is 19.3 Å². The van der Waals surface area contributed by atoms with Crippen LogP contribution in [0.2, 0.25) is 0 Å². The maximum atomic E-state index is 6.50. The van der Waals surface area contributed by atoms with Crippen molar-refractivity contribution in [3.63, 3.8) is 0 Å². The molecule has 0 amide bonds. The van der Waals surface area contributed by atoms with Gasteiger partial charge in [-0.3, -0.25) is 0 Å². The molecule has 1 saturated carbocycles. The van der Waals surface area contributed by atoms with Crippen molar-refractivity contribution in [3.05, 3.63) is 72.8 Å². The molecule has 17 nitrogen and oxygen atoms in total. The zero-order valence-electron chi connectivity index (χ0n) is 46.2. The minimum Gasteiger partial charge on any atom is -0.493 e. The average Bonchev–Trinajstić information content (AvgIpc) is 3.38. The summed E-state index contributed by atoms with van der Waals surface area (Å²) in [6, 6.07) is 22.7. The summed E-state index contributed by atoms with van der Waals surface area (Å²) in [5.74, 6) is 4.70. The predicted molar refractivity (Wildman–Crippen MR) is 285 cm³/mol. The van der Waals surface area contributed by atoms with Crippen molar-refractivity contribution in [2.75, 3.05) is 150 Å². The van der Waals surface area contributed by atoms with E-state index >= 15 is 0 Å². The second-order valence-corrected chi connectivity index (χ2v) is 16.6. The molecule has 1 aliphatic rings. The highest BCUT2D eigenvalue weighted by Gasteiger charge is 2.27. The van der Waals surface area contributed by atoms with Gasteiger partial charge >= 0.3 is 0 Å². The van der Waals surface area contributed by atoms with Crippen molar-refractivity contribution in [3.8, 4) is 34.5 Å². The molecule has 0 heterocycles. The second-order valence-electron chi connectivity index (χ2n) is 16.6. The molecule has 1 aliphatic carbocycles. The molecule has 0 saturated heterocycles. The molecule has 0 aromatic heterocycles. The summed E-state index contributed by atoms with van der Waals surface area (Å²) in [5, 5.41) is 8.90. The van der Waals surface area contributed by atoms with Crippen LogP contribution in [0.4, 0.5) is 0 Å². The average molecular weight is 1020 g/mol. The van der Waals surface area contributed by atoms with Crippen LogP contribution in [0.1, 0.15) is 52.9 Å². The lowest BCUT2D eigenvalue weighted by molar-refractivity contribution is -0.0955. The Hall–Kier alpha value is -3.98. The Bertz CT molecular complexity index is 1680. The van der Waals surface area contributed by atoms with Gasteiger partial charge in [0.05, 0.1) is 51.8 Å². The molecule has 414 valence electrons. The lowest BCUT2D eigenvalue weighted by atomic mass is 9.80. The highest BCUT2D eigenvalue weighted by atomic mass is 16.6. The van der Waals surface area contributed by atoms with Gasteiger partial charge in [0.2, 0.25) is 0 Å². The molecule has 1 fully saturated rings. The van der Waals surface area contributed by atoms with Crippen molar-refractivity contribution < 1.29 is 66.3 Å². The summed E-state index contributed by atoms with van der Waals surface area (Å²) < 4.78 is 82.5. The Labute approximate surface area is 433 Å². The summed E-state index contributed by atoms with van der Waals surface area (Å²) in [7, 11) is 17.5. The van der Waals surface area contributed by atoms with Gasteiger partial charge in [0, 0.05) is 80.2 Å². The fourth-order valence-electron chi connectivity index (χ4n) is 6.79. The van der Waals surface area contributed by atoms with Crippen molar-refractivity contribution in [1.82, 2.24) is 16.0 Å². The molecule has 6 unspecified atom stereocenters. The first-order valence-electron chi connectivity index (χ1n) is 25.5. The second kappa shape index (κ2) is 44.5. The number of methoxy groups -OCH3 is 6. The third kappa shape index (κ3) is 30.3. The van der Waals surface area contributed by atoms with E-state index in [2.05, 4.69) is 22.9 Å². The van der Waals surface area contributed by atoms with Crippen molar-refractivity contribution >= 4 is 0 Å². The molecular weight excluding hydrogens is 927 g/mol. The third-order valence-corrected chi connectivity index (χ3v) is 10.9. The monoisotopic (exact) mass is 1020 g/mol. The van der Waals surface area contributed by atoms with E-state index < -0.39 is 12.2 Å². The van der Waals surface area contributed by atoms with Crippen molar-refractivity contribution in [2.24, 2.45) is 5.92 Å². The standard InChI is InChI=1S/C49H75NO14.2C2H7N.C2H6/c1-8-50-28-45(31-59-40-17-11-16-39(26-40)58-24-22-49(56-7)37-13-9-14-37)63-36-48(35-62-43-20-12-19-42(27-43)60-32-46(54-5)30-52-3)64-34-47(55-6)33-61-41-18-10-15-38(25-41)57-23-21-44(53-4)29-51-2;2*1-3-2;1-2/h10-12,15-20,25-27,37,44-50H,8-9,13-14,21-24,28-36H2,1-7H3;2*3H,1-2H3;1-2H3. The minimum atomic E-state index is -0.482. The van der Waals surface area contributed by atoms with Gasteiger partial charge in [0.15, 0.2) is 0 Å². The first-order chi connectivity index (χ1) is 35.2. The van der Waals surface area contributed by atoms with Crippen LogP contribution < -0.4 is 44.4 Å². The van der Waals surface area contributed by atoms with Gasteiger partial charge in [-0.05, 0) is 89.9 Å².